The number of nitrogens with two attached hydrogens (primary N) is 1. The molecule has 0 bridgehead atoms. The highest BCUT2D eigenvalue weighted by Crippen LogP contribution is 2.23. The van der Waals surface area contributed by atoms with E-state index in [1.807, 2.05) is 0 Å². The third-order valence-corrected chi connectivity index (χ3v) is 4.26. The Labute approximate surface area is 132 Å². The fourth-order valence-electron chi connectivity index (χ4n) is 2.99. The lowest BCUT2D eigenvalue weighted by Crippen LogP contribution is -2.30. The van der Waals surface area contributed by atoms with Crippen molar-refractivity contribution in [2.45, 2.75) is 90.5 Å². The average Bonchev–Trinajstić information content (AvgIpc) is 2.45. The minimum atomic E-state index is -0.226. The van der Waals surface area contributed by atoms with Gasteiger partial charge in [-0.05, 0) is 37.8 Å². The molecule has 1 nitrogen and oxygen atoms in total. The van der Waals surface area contributed by atoms with Crippen LogP contribution in [0, 0.1) is 0 Å². The van der Waals surface area contributed by atoms with Gasteiger partial charge in [0.2, 0.25) is 0 Å². The van der Waals surface area contributed by atoms with Gasteiger partial charge in [-0.1, -0.05) is 82.6 Å². The second-order valence-electron chi connectivity index (χ2n) is 6.96. The topological polar surface area (TPSA) is 26.0 Å². The monoisotopic (exact) mass is 289 g/mol. The van der Waals surface area contributed by atoms with E-state index in [9.17, 15) is 0 Å². The zero-order chi connectivity index (χ0) is 15.6. The lowest BCUT2D eigenvalue weighted by atomic mass is 9.89. The number of hydrogen-bond donors (Lipinski definition) is 1. The van der Waals surface area contributed by atoms with E-state index in [-0.39, 0.29) is 5.54 Å². The molecule has 0 atom stereocenters. The van der Waals surface area contributed by atoms with Gasteiger partial charge in [0.1, 0.15) is 0 Å². The van der Waals surface area contributed by atoms with Gasteiger partial charge in [0, 0.05) is 5.54 Å². The van der Waals surface area contributed by atoms with Crippen LogP contribution < -0.4 is 5.73 Å². The number of aryl methyl sites for hydroxylation is 1. The summed E-state index contributed by atoms with van der Waals surface area (Å²) in [5.74, 6) is 0. The molecule has 0 saturated carbocycles. The lowest BCUT2D eigenvalue weighted by molar-refractivity contribution is 0.539. The van der Waals surface area contributed by atoms with E-state index >= 15 is 0 Å². The van der Waals surface area contributed by atoms with Crippen molar-refractivity contribution >= 4 is 0 Å². The fraction of sp³-hybridized carbons (Fsp3) is 0.700. The van der Waals surface area contributed by atoms with Crippen molar-refractivity contribution < 1.29 is 0 Å². The van der Waals surface area contributed by atoms with E-state index in [2.05, 4.69) is 45.0 Å². The third kappa shape index (κ3) is 7.66. The molecule has 0 aliphatic rings. The van der Waals surface area contributed by atoms with Crippen molar-refractivity contribution in [2.24, 2.45) is 5.73 Å². The number of rotatable bonds is 11. The zero-order valence-corrected chi connectivity index (χ0v) is 14.5. The van der Waals surface area contributed by atoms with Crippen LogP contribution in [-0.4, -0.2) is 0 Å². The molecule has 0 saturated heterocycles. The quantitative estimate of drug-likeness (QED) is 0.500. The molecule has 2 N–H and O–H groups in total. The van der Waals surface area contributed by atoms with Gasteiger partial charge in [0.15, 0.2) is 0 Å². The first kappa shape index (κ1) is 18.2. The minimum absolute atomic E-state index is 0.226. The molecule has 1 aromatic carbocycles. The van der Waals surface area contributed by atoms with E-state index < -0.39 is 0 Å². The van der Waals surface area contributed by atoms with Crippen molar-refractivity contribution in [3.63, 3.8) is 0 Å². The Morgan fingerprint density at radius 2 is 1.33 bits per heavy atom. The maximum atomic E-state index is 6.27. The van der Waals surface area contributed by atoms with Gasteiger partial charge in [-0.3, -0.25) is 0 Å². The molecule has 1 rings (SSSR count). The summed E-state index contributed by atoms with van der Waals surface area (Å²) in [7, 11) is 0. The SMILES string of the molecule is CCCCCCCCCCCc1ccccc1C(C)(C)N. The van der Waals surface area contributed by atoms with Crippen molar-refractivity contribution in [1.82, 2.24) is 0 Å². The summed E-state index contributed by atoms with van der Waals surface area (Å²) in [6.07, 6.45) is 13.7. The maximum absolute atomic E-state index is 6.27. The van der Waals surface area contributed by atoms with Gasteiger partial charge < -0.3 is 5.73 Å². The van der Waals surface area contributed by atoms with E-state index in [0.29, 0.717) is 0 Å². The van der Waals surface area contributed by atoms with Crippen LogP contribution in [-0.2, 0) is 12.0 Å². The summed E-state index contributed by atoms with van der Waals surface area (Å²) in [5, 5.41) is 0. The molecule has 1 aromatic rings. The standard InChI is InChI=1S/C20H35N/c1-4-5-6-7-8-9-10-11-12-15-18-16-13-14-17-19(18)20(2,3)21/h13-14,16-17H,4-12,15,21H2,1-3H3. The molecular formula is C20H35N. The Kier molecular flexibility index (Phi) is 8.68. The first-order valence-electron chi connectivity index (χ1n) is 8.93. The molecule has 0 fully saturated rings. The molecular weight excluding hydrogens is 254 g/mol. The van der Waals surface area contributed by atoms with Crippen LogP contribution in [0.5, 0.6) is 0 Å². The van der Waals surface area contributed by atoms with Gasteiger partial charge in [-0.25, -0.2) is 0 Å². The summed E-state index contributed by atoms with van der Waals surface area (Å²) >= 11 is 0. The van der Waals surface area contributed by atoms with E-state index in [0.717, 1.165) is 0 Å². The van der Waals surface area contributed by atoms with Gasteiger partial charge >= 0.3 is 0 Å². The molecule has 21 heavy (non-hydrogen) atoms. The predicted molar refractivity (Wildman–Crippen MR) is 94.6 cm³/mol. The maximum Gasteiger partial charge on any atom is 0.0355 e. The summed E-state index contributed by atoms with van der Waals surface area (Å²) in [6, 6.07) is 8.67. The Balaban J connectivity index is 2.19. The normalized spacial score (nSPS) is 11.8. The molecule has 0 aliphatic heterocycles. The highest BCUT2D eigenvalue weighted by molar-refractivity contribution is 5.32. The Bertz CT molecular complexity index is 376. The molecule has 0 spiro atoms. The van der Waals surface area contributed by atoms with Gasteiger partial charge in [0.25, 0.3) is 0 Å². The predicted octanol–water partition coefficient (Wildman–Crippen LogP) is 5.95. The van der Waals surface area contributed by atoms with Crippen LogP contribution in [0.25, 0.3) is 0 Å². The Hall–Kier alpha value is -0.820. The van der Waals surface area contributed by atoms with Crippen LogP contribution in [0.2, 0.25) is 0 Å². The average molecular weight is 290 g/mol. The summed E-state index contributed by atoms with van der Waals surface area (Å²) in [6.45, 7) is 6.48. The van der Waals surface area contributed by atoms with Gasteiger partial charge in [-0.2, -0.15) is 0 Å². The molecule has 0 radical (unpaired) electrons. The Morgan fingerprint density at radius 1 is 0.810 bits per heavy atom. The van der Waals surface area contributed by atoms with Crippen LogP contribution in [0.4, 0.5) is 0 Å². The molecule has 0 aliphatic carbocycles. The largest absolute Gasteiger partial charge is 0.322 e. The molecule has 0 aromatic heterocycles. The van der Waals surface area contributed by atoms with Gasteiger partial charge in [-0.15, -0.1) is 0 Å². The van der Waals surface area contributed by atoms with E-state index in [4.69, 9.17) is 5.73 Å². The third-order valence-electron chi connectivity index (χ3n) is 4.26. The van der Waals surface area contributed by atoms with Crippen LogP contribution >= 0.6 is 0 Å². The van der Waals surface area contributed by atoms with Crippen LogP contribution in [0.3, 0.4) is 0 Å². The first-order chi connectivity index (χ1) is 10.1. The summed E-state index contributed by atoms with van der Waals surface area (Å²) in [5.41, 5.74) is 8.79. The fourth-order valence-corrected chi connectivity index (χ4v) is 2.99. The molecule has 0 heterocycles. The second kappa shape index (κ2) is 10.00. The highest BCUT2D eigenvalue weighted by Gasteiger charge is 2.17. The first-order valence-corrected chi connectivity index (χ1v) is 8.93. The van der Waals surface area contributed by atoms with Crippen molar-refractivity contribution in [2.75, 3.05) is 0 Å². The summed E-state index contributed by atoms with van der Waals surface area (Å²) < 4.78 is 0. The Morgan fingerprint density at radius 3 is 1.90 bits per heavy atom. The molecule has 0 unspecified atom stereocenters. The van der Waals surface area contributed by atoms with Crippen molar-refractivity contribution in [3.8, 4) is 0 Å². The van der Waals surface area contributed by atoms with Crippen LogP contribution in [0.15, 0.2) is 24.3 Å². The number of hydrogen-bond acceptors (Lipinski definition) is 1. The smallest absolute Gasteiger partial charge is 0.0355 e. The lowest BCUT2D eigenvalue weighted by Gasteiger charge is -2.23. The summed E-state index contributed by atoms with van der Waals surface area (Å²) in [4.78, 5) is 0. The second-order valence-corrected chi connectivity index (χ2v) is 6.96. The highest BCUT2D eigenvalue weighted by atomic mass is 14.7. The zero-order valence-electron chi connectivity index (χ0n) is 14.5. The van der Waals surface area contributed by atoms with Crippen LogP contribution in [0.1, 0.15) is 89.7 Å². The molecule has 120 valence electrons. The van der Waals surface area contributed by atoms with Crippen molar-refractivity contribution in [1.29, 1.82) is 0 Å². The van der Waals surface area contributed by atoms with Crippen molar-refractivity contribution in [3.05, 3.63) is 35.4 Å². The minimum Gasteiger partial charge on any atom is -0.322 e. The molecule has 0 amide bonds. The van der Waals surface area contributed by atoms with E-state index in [1.54, 1.807) is 0 Å². The van der Waals surface area contributed by atoms with E-state index in [1.165, 1.54) is 75.3 Å². The molecule has 1 heteroatoms. The number of unbranched alkanes of at least 4 members (excludes halogenated alkanes) is 8. The van der Waals surface area contributed by atoms with Gasteiger partial charge in [0.05, 0.1) is 0 Å². The number of benzene rings is 1.